The van der Waals surface area contributed by atoms with Gasteiger partial charge < -0.3 is 4.90 Å². The molecule has 3 nitrogen and oxygen atoms in total. The molecule has 0 saturated carbocycles. The van der Waals surface area contributed by atoms with Gasteiger partial charge in [-0.05, 0) is 54.2 Å². The minimum atomic E-state index is 0.204. The number of benzene rings is 3. The molecule has 158 valence electrons. The molecule has 31 heavy (non-hydrogen) atoms. The SMILES string of the molecule is O=C1c2ccc(Br)cc2CCN1C1CCN(C(c2ccccc2)c2ccccc2)CC1. The van der Waals surface area contributed by atoms with E-state index in [0.717, 1.165) is 48.9 Å². The number of nitrogens with zero attached hydrogens (tertiary/aromatic N) is 2. The third-order valence-corrected chi connectivity index (χ3v) is 7.21. The van der Waals surface area contributed by atoms with Crippen LogP contribution in [0.5, 0.6) is 0 Å². The second kappa shape index (κ2) is 8.97. The average Bonchev–Trinajstić information content (AvgIpc) is 2.81. The van der Waals surface area contributed by atoms with E-state index in [-0.39, 0.29) is 11.9 Å². The third kappa shape index (κ3) is 4.19. The summed E-state index contributed by atoms with van der Waals surface area (Å²) in [6.07, 6.45) is 2.99. The van der Waals surface area contributed by atoms with Crippen LogP contribution >= 0.6 is 15.9 Å². The van der Waals surface area contributed by atoms with Crippen molar-refractivity contribution in [3.8, 4) is 0 Å². The van der Waals surface area contributed by atoms with Crippen LogP contribution in [0.3, 0.4) is 0 Å². The number of carbonyl (C=O) groups is 1. The molecule has 0 aliphatic carbocycles. The van der Waals surface area contributed by atoms with Crippen molar-refractivity contribution >= 4 is 21.8 Å². The van der Waals surface area contributed by atoms with Gasteiger partial charge in [0, 0.05) is 35.7 Å². The summed E-state index contributed by atoms with van der Waals surface area (Å²) in [6, 6.07) is 28.2. The lowest BCUT2D eigenvalue weighted by molar-refractivity contribution is 0.0523. The molecule has 0 radical (unpaired) electrons. The molecule has 0 aromatic heterocycles. The summed E-state index contributed by atoms with van der Waals surface area (Å²) in [5, 5.41) is 0. The number of piperidine rings is 1. The molecule has 1 amide bonds. The number of amides is 1. The van der Waals surface area contributed by atoms with Crippen molar-refractivity contribution in [1.29, 1.82) is 0 Å². The first kappa shape index (κ1) is 20.5. The van der Waals surface area contributed by atoms with Gasteiger partial charge in [-0.3, -0.25) is 9.69 Å². The first-order valence-electron chi connectivity index (χ1n) is 11.1. The van der Waals surface area contributed by atoms with E-state index in [1.165, 1.54) is 16.7 Å². The van der Waals surface area contributed by atoms with Gasteiger partial charge in [0.15, 0.2) is 0 Å². The van der Waals surface area contributed by atoms with Crippen LogP contribution in [0.4, 0.5) is 0 Å². The van der Waals surface area contributed by atoms with Gasteiger partial charge in [0.05, 0.1) is 6.04 Å². The molecule has 3 aromatic carbocycles. The molecule has 2 aliphatic rings. The highest BCUT2D eigenvalue weighted by atomic mass is 79.9. The van der Waals surface area contributed by atoms with Crippen molar-refractivity contribution in [3.63, 3.8) is 0 Å². The molecular weight excluding hydrogens is 448 g/mol. The number of likely N-dealkylation sites (tertiary alicyclic amines) is 1. The van der Waals surface area contributed by atoms with Crippen LogP contribution in [0.1, 0.15) is 45.9 Å². The topological polar surface area (TPSA) is 23.6 Å². The second-order valence-corrected chi connectivity index (χ2v) is 9.46. The van der Waals surface area contributed by atoms with Gasteiger partial charge in [-0.1, -0.05) is 76.6 Å². The highest BCUT2D eigenvalue weighted by molar-refractivity contribution is 9.10. The van der Waals surface area contributed by atoms with Crippen LogP contribution in [0, 0.1) is 0 Å². The molecule has 0 spiro atoms. The molecule has 4 heteroatoms. The summed E-state index contributed by atoms with van der Waals surface area (Å²) in [7, 11) is 0. The summed E-state index contributed by atoms with van der Waals surface area (Å²) in [5.41, 5.74) is 4.71. The smallest absolute Gasteiger partial charge is 0.254 e. The molecule has 0 atom stereocenters. The summed E-state index contributed by atoms with van der Waals surface area (Å²) >= 11 is 3.53. The maximum Gasteiger partial charge on any atom is 0.254 e. The first-order chi connectivity index (χ1) is 15.2. The minimum absolute atomic E-state index is 0.204. The van der Waals surface area contributed by atoms with E-state index < -0.39 is 0 Å². The fraction of sp³-hybridized carbons (Fsp3) is 0.296. The molecule has 0 bridgehead atoms. The Balaban J connectivity index is 1.32. The summed E-state index contributed by atoms with van der Waals surface area (Å²) < 4.78 is 1.05. The van der Waals surface area contributed by atoms with Crippen molar-refractivity contribution in [1.82, 2.24) is 9.80 Å². The predicted octanol–water partition coefficient (Wildman–Crippen LogP) is 5.70. The Bertz CT molecular complexity index is 1010. The van der Waals surface area contributed by atoms with Crippen LogP contribution in [-0.4, -0.2) is 41.4 Å². The third-order valence-electron chi connectivity index (χ3n) is 6.72. The Morgan fingerprint density at radius 2 is 1.42 bits per heavy atom. The van der Waals surface area contributed by atoms with Crippen LogP contribution in [0.15, 0.2) is 83.3 Å². The summed E-state index contributed by atoms with van der Waals surface area (Å²) in [6.45, 7) is 2.82. The van der Waals surface area contributed by atoms with Crippen molar-refractivity contribution in [2.24, 2.45) is 0 Å². The maximum absolute atomic E-state index is 13.2. The average molecular weight is 475 g/mol. The van der Waals surface area contributed by atoms with E-state index in [9.17, 15) is 4.79 Å². The number of hydrogen-bond donors (Lipinski definition) is 0. The maximum atomic E-state index is 13.2. The Kier molecular flexibility index (Phi) is 5.93. The summed E-state index contributed by atoms with van der Waals surface area (Å²) in [5.74, 6) is 0.204. The van der Waals surface area contributed by atoms with E-state index in [1.54, 1.807) is 0 Å². The van der Waals surface area contributed by atoms with Gasteiger partial charge in [-0.15, -0.1) is 0 Å². The van der Waals surface area contributed by atoms with Crippen LogP contribution < -0.4 is 0 Å². The second-order valence-electron chi connectivity index (χ2n) is 8.54. The van der Waals surface area contributed by atoms with Gasteiger partial charge in [0.2, 0.25) is 0 Å². The molecule has 0 N–H and O–H groups in total. The lowest BCUT2D eigenvalue weighted by atomic mass is 9.92. The molecule has 2 heterocycles. The van der Waals surface area contributed by atoms with Crippen LogP contribution in [0.2, 0.25) is 0 Å². The van der Waals surface area contributed by atoms with Gasteiger partial charge in [0.1, 0.15) is 0 Å². The lowest BCUT2D eigenvalue weighted by Crippen LogP contribution is -2.50. The normalized spacial score (nSPS) is 17.7. The van der Waals surface area contributed by atoms with Crippen molar-refractivity contribution in [2.45, 2.75) is 31.3 Å². The zero-order valence-electron chi connectivity index (χ0n) is 17.6. The van der Waals surface area contributed by atoms with Gasteiger partial charge in [0.25, 0.3) is 5.91 Å². The molecule has 2 aliphatic heterocycles. The number of hydrogen-bond acceptors (Lipinski definition) is 2. The Labute approximate surface area is 192 Å². The Hall–Kier alpha value is -2.43. The molecule has 5 rings (SSSR count). The Morgan fingerprint density at radius 3 is 2.03 bits per heavy atom. The van der Waals surface area contributed by atoms with E-state index in [0.29, 0.717) is 6.04 Å². The standard InChI is InChI=1S/C27H27BrN2O/c28-23-11-12-25-22(19-23)13-18-30(27(25)31)24-14-16-29(17-15-24)26(20-7-3-1-4-8-20)21-9-5-2-6-10-21/h1-12,19,24,26H,13-18H2. The van der Waals surface area contributed by atoms with Gasteiger partial charge in [-0.25, -0.2) is 0 Å². The van der Waals surface area contributed by atoms with E-state index >= 15 is 0 Å². The highest BCUT2D eigenvalue weighted by Gasteiger charge is 2.34. The van der Waals surface area contributed by atoms with Crippen LogP contribution in [-0.2, 0) is 6.42 Å². The molecule has 3 aromatic rings. The predicted molar refractivity (Wildman–Crippen MR) is 128 cm³/mol. The Morgan fingerprint density at radius 1 is 0.806 bits per heavy atom. The molecule has 1 saturated heterocycles. The van der Waals surface area contributed by atoms with E-state index in [2.05, 4.69) is 92.5 Å². The van der Waals surface area contributed by atoms with Crippen molar-refractivity contribution in [2.75, 3.05) is 19.6 Å². The quantitative estimate of drug-likeness (QED) is 0.483. The van der Waals surface area contributed by atoms with Gasteiger partial charge in [-0.2, -0.15) is 0 Å². The highest BCUT2D eigenvalue weighted by Crippen LogP contribution is 2.33. The lowest BCUT2D eigenvalue weighted by Gasteiger charge is -2.43. The number of fused-ring (bicyclic) bond motifs is 1. The zero-order chi connectivity index (χ0) is 21.2. The molecule has 0 unspecified atom stereocenters. The monoisotopic (exact) mass is 474 g/mol. The van der Waals surface area contributed by atoms with E-state index in [4.69, 9.17) is 0 Å². The largest absolute Gasteiger partial charge is 0.335 e. The van der Waals surface area contributed by atoms with Crippen molar-refractivity contribution < 1.29 is 4.79 Å². The first-order valence-corrected chi connectivity index (χ1v) is 11.9. The molecule has 1 fully saturated rings. The van der Waals surface area contributed by atoms with Gasteiger partial charge >= 0.3 is 0 Å². The summed E-state index contributed by atoms with van der Waals surface area (Å²) in [4.78, 5) is 17.9. The van der Waals surface area contributed by atoms with E-state index in [1.807, 2.05) is 12.1 Å². The minimum Gasteiger partial charge on any atom is -0.335 e. The number of carbonyl (C=O) groups excluding carboxylic acids is 1. The number of halogens is 1. The fourth-order valence-corrected chi connectivity index (χ4v) is 5.57. The molecular formula is C27H27BrN2O. The van der Waals surface area contributed by atoms with Crippen LogP contribution in [0.25, 0.3) is 0 Å². The zero-order valence-corrected chi connectivity index (χ0v) is 19.2. The number of rotatable bonds is 4. The fourth-order valence-electron chi connectivity index (χ4n) is 5.16. The van der Waals surface area contributed by atoms with Crippen molar-refractivity contribution in [3.05, 3.63) is 106 Å².